The van der Waals surface area contributed by atoms with Gasteiger partial charge in [0.1, 0.15) is 5.60 Å². The summed E-state index contributed by atoms with van der Waals surface area (Å²) in [5.74, 6) is -0.421. The first-order valence-electron chi connectivity index (χ1n) is 18.5. The minimum Gasteiger partial charge on any atom is -0.465 e. The SMILES string of the molecule is [2H]C1([2H])N(C(=O)OC(C)(C)C)C([2H])([2H])C([2H])([2H])N(c2cnc([C@H](C)OC)c(-c3c(CC(C)(C)COC(C)=O)c4cc(Br)ccc4n3CC)c2)C1([2H])[2H]. The van der Waals surface area contributed by atoms with Gasteiger partial charge in [-0.25, -0.2) is 4.79 Å². The predicted octanol–water partition coefficient (Wildman–Crippen LogP) is 7.38. The van der Waals surface area contributed by atoms with Crippen LogP contribution in [0.5, 0.6) is 0 Å². The number of ether oxygens (including phenoxy) is 3. The maximum absolute atomic E-state index is 13.3. The van der Waals surface area contributed by atoms with Crippen LogP contribution in [0.4, 0.5) is 10.5 Å². The fourth-order valence-corrected chi connectivity index (χ4v) is 5.40. The van der Waals surface area contributed by atoms with Gasteiger partial charge in [-0.1, -0.05) is 29.8 Å². The lowest BCUT2D eigenvalue weighted by molar-refractivity contribution is -0.143. The van der Waals surface area contributed by atoms with Gasteiger partial charge in [0.05, 0.1) is 46.9 Å². The molecule has 0 N–H and O–H groups in total. The Morgan fingerprint density at radius 2 is 1.80 bits per heavy atom. The van der Waals surface area contributed by atoms with E-state index in [2.05, 4.69) is 20.9 Å². The van der Waals surface area contributed by atoms with Gasteiger partial charge in [0, 0.05) is 72.9 Å². The van der Waals surface area contributed by atoms with Crippen LogP contribution in [0.25, 0.3) is 22.2 Å². The second-order valence-electron chi connectivity index (χ2n) is 12.5. The molecular formula is C34H47BrN4O5. The van der Waals surface area contributed by atoms with Gasteiger partial charge < -0.3 is 28.6 Å². The van der Waals surface area contributed by atoms with Gasteiger partial charge in [-0.3, -0.25) is 9.78 Å². The van der Waals surface area contributed by atoms with E-state index in [-0.39, 0.29) is 17.2 Å². The van der Waals surface area contributed by atoms with E-state index in [9.17, 15) is 9.59 Å². The number of nitrogens with zero attached hydrogens (tertiary/aromatic N) is 4. The molecule has 4 rings (SSSR count). The number of rotatable bonds is 9. The number of carbonyl (C=O) groups is 2. The zero-order valence-corrected chi connectivity index (χ0v) is 28.4. The molecule has 0 unspecified atom stereocenters. The van der Waals surface area contributed by atoms with E-state index in [4.69, 9.17) is 25.2 Å². The Morgan fingerprint density at radius 3 is 2.39 bits per heavy atom. The molecule has 0 aliphatic carbocycles. The van der Waals surface area contributed by atoms with Crippen LogP contribution in [0.2, 0.25) is 0 Å². The highest BCUT2D eigenvalue weighted by Gasteiger charge is 2.31. The summed E-state index contributed by atoms with van der Waals surface area (Å²) in [6, 6.07) is 7.27. The normalized spacial score (nSPS) is 22.3. The van der Waals surface area contributed by atoms with Gasteiger partial charge >= 0.3 is 12.1 Å². The lowest BCUT2D eigenvalue weighted by atomic mass is 9.84. The van der Waals surface area contributed by atoms with Crippen LogP contribution >= 0.6 is 15.9 Å². The number of esters is 1. The average molecular weight is 680 g/mol. The largest absolute Gasteiger partial charge is 0.465 e. The van der Waals surface area contributed by atoms with Gasteiger partial charge in [-0.2, -0.15) is 0 Å². The van der Waals surface area contributed by atoms with Crippen LogP contribution in [0.1, 0.15) is 83.7 Å². The van der Waals surface area contributed by atoms with Crippen LogP contribution in [0, 0.1) is 5.41 Å². The van der Waals surface area contributed by atoms with Gasteiger partial charge in [-0.05, 0) is 70.9 Å². The van der Waals surface area contributed by atoms with Crippen molar-refractivity contribution >= 4 is 44.6 Å². The highest BCUT2D eigenvalue weighted by Crippen LogP contribution is 2.42. The lowest BCUT2D eigenvalue weighted by Gasteiger charge is -2.37. The molecule has 44 heavy (non-hydrogen) atoms. The summed E-state index contributed by atoms with van der Waals surface area (Å²) >= 11 is 3.59. The molecule has 1 fully saturated rings. The van der Waals surface area contributed by atoms with E-state index < -0.39 is 55.2 Å². The first-order valence-corrected chi connectivity index (χ1v) is 15.3. The Bertz CT molecular complexity index is 1830. The average Bonchev–Trinajstić information content (AvgIpc) is 3.28. The number of benzene rings is 1. The second kappa shape index (κ2) is 13.5. The van der Waals surface area contributed by atoms with Crippen molar-refractivity contribution in [3.63, 3.8) is 0 Å². The molecule has 1 aromatic carbocycles. The molecule has 0 saturated carbocycles. The maximum atomic E-state index is 13.3. The third-order valence-electron chi connectivity index (χ3n) is 7.05. The van der Waals surface area contributed by atoms with Crippen LogP contribution in [-0.2, 0) is 32.0 Å². The molecule has 9 nitrogen and oxygen atoms in total. The Hall–Kier alpha value is -3.11. The monoisotopic (exact) mass is 678 g/mol. The highest BCUT2D eigenvalue weighted by molar-refractivity contribution is 9.10. The van der Waals surface area contributed by atoms with Crippen LogP contribution in [-0.4, -0.2) is 71.8 Å². The molecule has 1 atom stereocenters. The van der Waals surface area contributed by atoms with Crippen molar-refractivity contribution in [1.82, 2.24) is 14.5 Å². The Morgan fingerprint density at radius 1 is 1.11 bits per heavy atom. The van der Waals surface area contributed by atoms with Crippen LogP contribution in [0.3, 0.4) is 0 Å². The number of aryl methyl sites for hydroxylation is 1. The van der Waals surface area contributed by atoms with Gasteiger partial charge in [0.25, 0.3) is 0 Å². The van der Waals surface area contributed by atoms with Crippen molar-refractivity contribution in [2.75, 3.05) is 44.6 Å². The third-order valence-corrected chi connectivity index (χ3v) is 7.54. The summed E-state index contributed by atoms with van der Waals surface area (Å²) in [5, 5.41) is 0.868. The summed E-state index contributed by atoms with van der Waals surface area (Å²) in [6.45, 7) is 0.313. The lowest BCUT2D eigenvalue weighted by Crippen LogP contribution is -2.50. The molecular weight excluding hydrogens is 624 g/mol. The predicted molar refractivity (Wildman–Crippen MR) is 178 cm³/mol. The number of aromatic nitrogens is 2. The van der Waals surface area contributed by atoms with E-state index in [1.54, 1.807) is 6.92 Å². The van der Waals surface area contributed by atoms with Crippen molar-refractivity contribution in [3.8, 4) is 11.3 Å². The number of methoxy groups -OCH3 is 1. The molecule has 2 aromatic heterocycles. The third kappa shape index (κ3) is 7.75. The Labute approximate surface area is 281 Å². The van der Waals surface area contributed by atoms with Crippen molar-refractivity contribution in [3.05, 3.63) is 46.2 Å². The number of halogens is 1. The minimum absolute atomic E-state index is 0.112. The minimum atomic E-state index is -3.46. The quantitative estimate of drug-likeness (QED) is 0.218. The molecule has 1 amide bonds. The number of amides is 1. The Kier molecular flexibility index (Phi) is 7.41. The number of carbonyl (C=O) groups excluding carboxylic acids is 2. The fourth-order valence-electron chi connectivity index (χ4n) is 5.03. The Balaban J connectivity index is 2.07. The van der Waals surface area contributed by atoms with E-state index >= 15 is 0 Å². The number of pyridine rings is 1. The number of fused-ring (bicyclic) bond motifs is 1. The molecule has 10 heteroatoms. The summed E-state index contributed by atoms with van der Waals surface area (Å²) in [6.07, 6.45) is -0.643. The molecule has 3 aromatic rings. The smallest absolute Gasteiger partial charge is 0.410 e. The fraction of sp³-hybridized carbons (Fsp3) is 0.559. The van der Waals surface area contributed by atoms with E-state index in [1.165, 1.54) is 40.9 Å². The molecule has 0 spiro atoms. The highest BCUT2D eigenvalue weighted by atomic mass is 79.9. The summed E-state index contributed by atoms with van der Waals surface area (Å²) < 4.78 is 90.8. The molecule has 0 radical (unpaired) electrons. The van der Waals surface area contributed by atoms with Crippen LogP contribution in [0.15, 0.2) is 34.9 Å². The summed E-state index contributed by atoms with van der Waals surface area (Å²) in [5.41, 5.74) is 1.04. The number of hydrogen-bond donors (Lipinski definition) is 0. The van der Waals surface area contributed by atoms with Crippen molar-refractivity contribution in [2.24, 2.45) is 5.41 Å². The molecule has 0 bridgehead atoms. The van der Waals surface area contributed by atoms with Crippen LogP contribution < -0.4 is 4.90 Å². The van der Waals surface area contributed by atoms with Gasteiger partial charge in [0.15, 0.2) is 0 Å². The zero-order chi connectivity index (χ0) is 39.6. The molecule has 1 saturated heterocycles. The maximum Gasteiger partial charge on any atom is 0.410 e. The molecule has 1 aliphatic rings. The zero-order valence-electron chi connectivity index (χ0n) is 34.8. The van der Waals surface area contributed by atoms with Crippen molar-refractivity contribution < 1.29 is 34.8 Å². The second-order valence-corrected chi connectivity index (χ2v) is 13.4. The van der Waals surface area contributed by atoms with E-state index in [1.807, 2.05) is 43.5 Å². The van der Waals surface area contributed by atoms with E-state index in [0.29, 0.717) is 34.8 Å². The van der Waals surface area contributed by atoms with Gasteiger partial charge in [0.2, 0.25) is 0 Å². The summed E-state index contributed by atoms with van der Waals surface area (Å²) in [4.78, 5) is 30.0. The number of hydrogen-bond acceptors (Lipinski definition) is 7. The standard InChI is InChI=1S/C34H47BrN4O5/c1-10-39-29-12-11-24(35)17-26(29)28(19-34(7,8)21-43-23(3)40)31(39)27-18-25(20-36-30(27)22(2)42-9)37-13-15-38(16-14-37)32(41)44-33(4,5)6/h11-12,17-18,20,22H,10,13-16,19,21H2,1-9H3/t22-/m0/s1/i13D2,14D2,15D2,16D2. The first-order chi connectivity index (χ1) is 23.7. The van der Waals surface area contributed by atoms with Gasteiger partial charge in [-0.15, -0.1) is 0 Å². The van der Waals surface area contributed by atoms with E-state index in [0.717, 1.165) is 27.1 Å². The first kappa shape index (κ1) is 24.2. The molecule has 3 heterocycles. The molecule has 1 aliphatic heterocycles. The topological polar surface area (TPSA) is 86.1 Å². The number of anilines is 1. The van der Waals surface area contributed by atoms with Crippen molar-refractivity contribution in [2.45, 2.75) is 80.1 Å². The van der Waals surface area contributed by atoms with Crippen molar-refractivity contribution in [1.29, 1.82) is 0 Å². The number of piperazine rings is 1. The molecule has 240 valence electrons. The summed E-state index contributed by atoms with van der Waals surface area (Å²) in [7, 11) is 1.50.